The van der Waals surface area contributed by atoms with Crippen molar-refractivity contribution in [3.8, 4) is 6.07 Å². The number of carbonyl (C=O) groups excluding carboxylic acids is 1. The van der Waals surface area contributed by atoms with Crippen molar-refractivity contribution in [2.24, 2.45) is 5.41 Å². The molecule has 0 aliphatic heterocycles. The van der Waals surface area contributed by atoms with Crippen molar-refractivity contribution < 1.29 is 18.0 Å². The van der Waals surface area contributed by atoms with Crippen LogP contribution in [0.15, 0.2) is 0 Å². The lowest BCUT2D eigenvalue weighted by Gasteiger charge is -2.28. The highest BCUT2D eigenvalue weighted by atomic mass is 32.2. The average molecular weight is 251 g/mol. The summed E-state index contributed by atoms with van der Waals surface area (Å²) in [5.41, 5.74) is -5.44. The molecule has 0 N–H and O–H groups in total. The molecule has 0 radical (unpaired) electrons. The van der Waals surface area contributed by atoms with Gasteiger partial charge in [-0.3, -0.25) is 4.79 Å². The number of rotatable bonds is 3. The minimum absolute atomic E-state index is 0.00646. The Morgan fingerprint density at radius 2 is 2.12 bits per heavy atom. The summed E-state index contributed by atoms with van der Waals surface area (Å²) < 4.78 is 35.8. The van der Waals surface area contributed by atoms with Gasteiger partial charge in [0.15, 0.2) is 5.78 Å². The molecular weight excluding hydrogens is 239 g/mol. The van der Waals surface area contributed by atoms with E-state index in [1.165, 1.54) is 0 Å². The van der Waals surface area contributed by atoms with E-state index in [-0.39, 0.29) is 29.7 Å². The summed E-state index contributed by atoms with van der Waals surface area (Å²) in [6, 6.07) is 1.92. The lowest BCUT2D eigenvalue weighted by molar-refractivity contribution is -0.128. The Bertz CT molecular complexity index is 310. The minimum Gasteiger partial charge on any atom is -0.298 e. The Kier molecular flexibility index (Phi) is 4.25. The van der Waals surface area contributed by atoms with Crippen LogP contribution in [0.5, 0.6) is 0 Å². The highest BCUT2D eigenvalue weighted by molar-refractivity contribution is 8.00. The summed E-state index contributed by atoms with van der Waals surface area (Å²) in [6.07, 6.45) is 2.22. The Morgan fingerprint density at radius 1 is 1.44 bits per heavy atom. The monoisotopic (exact) mass is 251 g/mol. The molecule has 0 aromatic rings. The maximum atomic E-state index is 11.9. The predicted molar refractivity (Wildman–Crippen MR) is 54.7 cm³/mol. The van der Waals surface area contributed by atoms with Crippen molar-refractivity contribution in [1.29, 1.82) is 5.26 Å². The van der Waals surface area contributed by atoms with Crippen molar-refractivity contribution in [3.05, 3.63) is 0 Å². The van der Waals surface area contributed by atoms with Crippen LogP contribution >= 0.6 is 11.8 Å². The van der Waals surface area contributed by atoms with Gasteiger partial charge >= 0.3 is 5.51 Å². The van der Waals surface area contributed by atoms with Gasteiger partial charge in [-0.1, -0.05) is 18.2 Å². The predicted octanol–water partition coefficient (Wildman–Crippen LogP) is 3.28. The molecular formula is C10H12F3NOS. The molecule has 0 bridgehead atoms. The molecule has 2 nitrogen and oxygen atoms in total. The van der Waals surface area contributed by atoms with Crippen molar-refractivity contribution in [3.63, 3.8) is 0 Å². The van der Waals surface area contributed by atoms with Crippen LogP contribution in [-0.4, -0.2) is 17.0 Å². The SMILES string of the molecule is N#CC1(CCSC(F)(F)F)CCCCC1=O. The van der Waals surface area contributed by atoms with E-state index < -0.39 is 10.9 Å². The maximum Gasteiger partial charge on any atom is 0.441 e. The van der Waals surface area contributed by atoms with Gasteiger partial charge in [0.25, 0.3) is 0 Å². The lowest BCUT2D eigenvalue weighted by Crippen LogP contribution is -2.33. The molecule has 0 amide bonds. The Morgan fingerprint density at radius 3 is 2.62 bits per heavy atom. The summed E-state index contributed by atoms with van der Waals surface area (Å²) in [5.74, 6) is -0.410. The van der Waals surface area contributed by atoms with Gasteiger partial charge in [0.05, 0.1) is 6.07 Å². The molecule has 1 unspecified atom stereocenters. The van der Waals surface area contributed by atoms with Crippen LogP contribution < -0.4 is 0 Å². The number of carbonyl (C=O) groups is 1. The highest BCUT2D eigenvalue weighted by Gasteiger charge is 2.40. The van der Waals surface area contributed by atoms with Gasteiger partial charge in [-0.2, -0.15) is 18.4 Å². The van der Waals surface area contributed by atoms with Crippen molar-refractivity contribution in [2.45, 2.75) is 37.6 Å². The van der Waals surface area contributed by atoms with Gasteiger partial charge in [0, 0.05) is 12.2 Å². The van der Waals surface area contributed by atoms with Gasteiger partial charge < -0.3 is 0 Å². The van der Waals surface area contributed by atoms with E-state index in [9.17, 15) is 18.0 Å². The van der Waals surface area contributed by atoms with E-state index in [1.807, 2.05) is 6.07 Å². The molecule has 0 spiro atoms. The second-order valence-electron chi connectivity index (χ2n) is 3.87. The van der Waals surface area contributed by atoms with E-state index in [2.05, 4.69) is 0 Å². The molecule has 0 aromatic carbocycles. The zero-order chi connectivity index (χ0) is 12.2. The van der Waals surface area contributed by atoms with E-state index in [1.54, 1.807) is 0 Å². The van der Waals surface area contributed by atoms with E-state index in [0.29, 0.717) is 12.8 Å². The smallest absolute Gasteiger partial charge is 0.298 e. The summed E-state index contributed by atoms with van der Waals surface area (Å²) in [5, 5.41) is 8.98. The summed E-state index contributed by atoms with van der Waals surface area (Å²) >= 11 is -0.160. The second kappa shape index (κ2) is 5.09. The fourth-order valence-corrected chi connectivity index (χ4v) is 2.55. The van der Waals surface area contributed by atoms with Gasteiger partial charge in [0.2, 0.25) is 0 Å². The molecule has 6 heteroatoms. The van der Waals surface area contributed by atoms with Crippen LogP contribution in [0.2, 0.25) is 0 Å². The fraction of sp³-hybridized carbons (Fsp3) is 0.800. The number of nitriles is 1. The number of Topliss-reactive ketones (excluding diaryl/α,β-unsaturated/α-hetero) is 1. The Labute approximate surface area is 96.2 Å². The number of alkyl halides is 3. The third kappa shape index (κ3) is 3.41. The van der Waals surface area contributed by atoms with Gasteiger partial charge in [-0.15, -0.1) is 0 Å². The summed E-state index contributed by atoms with van der Waals surface area (Å²) in [6.45, 7) is 0. The number of ketones is 1. The van der Waals surface area contributed by atoms with Crippen LogP contribution in [-0.2, 0) is 4.79 Å². The first-order valence-electron chi connectivity index (χ1n) is 5.05. The van der Waals surface area contributed by atoms with Crippen molar-refractivity contribution >= 4 is 17.5 Å². The summed E-state index contributed by atoms with van der Waals surface area (Å²) in [7, 11) is 0. The molecule has 0 heterocycles. The lowest BCUT2D eigenvalue weighted by atomic mass is 9.72. The van der Waals surface area contributed by atoms with Gasteiger partial charge in [-0.05, 0) is 19.3 Å². The van der Waals surface area contributed by atoms with Crippen LogP contribution in [0.1, 0.15) is 32.1 Å². The molecule has 1 fully saturated rings. The molecule has 1 aliphatic carbocycles. The standard InChI is InChI=1S/C10H12F3NOS/c11-10(12,13)16-6-5-9(7-14)4-2-1-3-8(9)15/h1-6H2. The van der Waals surface area contributed by atoms with Gasteiger partial charge in [0.1, 0.15) is 5.41 Å². The van der Waals surface area contributed by atoms with Crippen LogP contribution in [0.25, 0.3) is 0 Å². The van der Waals surface area contributed by atoms with E-state index >= 15 is 0 Å². The molecule has 1 saturated carbocycles. The quantitative estimate of drug-likeness (QED) is 0.772. The number of hydrogen-bond acceptors (Lipinski definition) is 3. The Hall–Kier alpha value is -0.700. The van der Waals surface area contributed by atoms with Gasteiger partial charge in [-0.25, -0.2) is 0 Å². The van der Waals surface area contributed by atoms with Crippen molar-refractivity contribution in [1.82, 2.24) is 0 Å². The molecule has 1 atom stereocenters. The molecule has 0 saturated heterocycles. The number of thioether (sulfide) groups is 1. The van der Waals surface area contributed by atoms with Crippen LogP contribution in [0.4, 0.5) is 13.2 Å². The topological polar surface area (TPSA) is 40.9 Å². The molecule has 1 aliphatic rings. The first kappa shape index (κ1) is 13.4. The zero-order valence-electron chi connectivity index (χ0n) is 8.64. The number of nitrogens with zero attached hydrogens (tertiary/aromatic N) is 1. The summed E-state index contributed by atoms with van der Waals surface area (Å²) in [4.78, 5) is 11.6. The highest BCUT2D eigenvalue weighted by Crippen LogP contribution is 2.39. The molecule has 1 rings (SSSR count). The van der Waals surface area contributed by atoms with Crippen molar-refractivity contribution in [2.75, 3.05) is 5.75 Å². The van der Waals surface area contributed by atoms with E-state index in [4.69, 9.17) is 5.26 Å². The largest absolute Gasteiger partial charge is 0.441 e. The second-order valence-corrected chi connectivity index (χ2v) is 5.03. The number of halogens is 3. The third-order valence-electron chi connectivity index (χ3n) is 2.80. The average Bonchev–Trinajstić information content (AvgIpc) is 2.19. The first-order chi connectivity index (χ1) is 7.40. The first-order valence-corrected chi connectivity index (χ1v) is 6.03. The van der Waals surface area contributed by atoms with Crippen LogP contribution in [0.3, 0.4) is 0 Å². The maximum absolute atomic E-state index is 11.9. The Balaban J connectivity index is 2.54. The molecule has 90 valence electrons. The normalized spacial score (nSPS) is 26.5. The van der Waals surface area contributed by atoms with E-state index in [0.717, 1.165) is 12.8 Å². The third-order valence-corrected chi connectivity index (χ3v) is 3.54. The molecule has 0 aromatic heterocycles. The minimum atomic E-state index is -4.28. The zero-order valence-corrected chi connectivity index (χ0v) is 9.46. The number of hydrogen-bond donors (Lipinski definition) is 0. The molecule has 16 heavy (non-hydrogen) atoms. The fourth-order valence-electron chi connectivity index (χ4n) is 1.87. The van der Waals surface area contributed by atoms with Crippen LogP contribution in [0, 0.1) is 16.7 Å².